The predicted octanol–water partition coefficient (Wildman–Crippen LogP) is 6.20. The number of amides is 2. The van der Waals surface area contributed by atoms with E-state index in [-0.39, 0.29) is 17.2 Å². The van der Waals surface area contributed by atoms with E-state index in [0.717, 1.165) is 22.3 Å². The lowest BCUT2D eigenvalue weighted by Crippen LogP contribution is -2.27. The van der Waals surface area contributed by atoms with Crippen LogP contribution in [0.2, 0.25) is 0 Å². The molecule has 0 aromatic heterocycles. The molecule has 0 unspecified atom stereocenters. The summed E-state index contributed by atoms with van der Waals surface area (Å²) in [5, 5.41) is 4.05. The van der Waals surface area contributed by atoms with Gasteiger partial charge in [-0.1, -0.05) is 72.8 Å². The second kappa shape index (κ2) is 13.7. The number of hydrogen-bond acceptors (Lipinski definition) is 6. The molecule has 0 spiro atoms. The maximum absolute atomic E-state index is 12.7. The predicted molar refractivity (Wildman–Crippen MR) is 162 cm³/mol. The van der Waals surface area contributed by atoms with Crippen molar-refractivity contribution in [1.82, 2.24) is 10.3 Å². The number of ether oxygens (including phenoxy) is 2. The number of thioether (sulfide) groups is 1. The number of rotatable bonds is 11. The number of nitrogens with one attached hydrogen (secondary N) is 1. The fraction of sp³-hybridized carbons (Fsp3) is 0.182. The molecule has 4 aromatic rings. The van der Waals surface area contributed by atoms with Crippen LogP contribution in [0.25, 0.3) is 0 Å². The third kappa shape index (κ3) is 7.35. The SMILES string of the molecule is CCOc1cc(/C=N\NC(=O)c2ccc([C@@H]3SCC(=O)N3Cc3ccccc3)cc2)ccc1OCc1ccccc1. The van der Waals surface area contributed by atoms with Crippen LogP contribution in [0, 0.1) is 0 Å². The largest absolute Gasteiger partial charge is 0.490 e. The lowest BCUT2D eigenvalue weighted by molar-refractivity contribution is -0.128. The molecule has 208 valence electrons. The van der Waals surface area contributed by atoms with E-state index < -0.39 is 0 Å². The van der Waals surface area contributed by atoms with Gasteiger partial charge in [0.1, 0.15) is 12.0 Å². The summed E-state index contributed by atoms with van der Waals surface area (Å²) in [5.74, 6) is 1.49. The van der Waals surface area contributed by atoms with Crippen LogP contribution in [0.1, 0.15) is 44.9 Å². The van der Waals surface area contributed by atoms with E-state index in [1.807, 2.05) is 103 Å². The van der Waals surface area contributed by atoms with Crippen molar-refractivity contribution < 1.29 is 19.1 Å². The number of nitrogens with zero attached hydrogens (tertiary/aromatic N) is 2. The first-order chi connectivity index (χ1) is 20.1. The molecule has 1 heterocycles. The summed E-state index contributed by atoms with van der Waals surface area (Å²) in [5.41, 5.74) is 6.96. The molecule has 0 radical (unpaired) electrons. The van der Waals surface area contributed by atoms with E-state index in [1.54, 1.807) is 30.1 Å². The lowest BCUT2D eigenvalue weighted by Gasteiger charge is -2.24. The minimum Gasteiger partial charge on any atom is -0.490 e. The first kappa shape index (κ1) is 28.0. The molecule has 1 fully saturated rings. The Morgan fingerprint density at radius 2 is 1.63 bits per heavy atom. The average molecular weight is 566 g/mol. The fourth-order valence-electron chi connectivity index (χ4n) is 4.44. The Kier molecular flexibility index (Phi) is 9.34. The van der Waals surface area contributed by atoms with Gasteiger partial charge in [-0.15, -0.1) is 11.8 Å². The van der Waals surface area contributed by atoms with Crippen molar-refractivity contribution in [3.05, 3.63) is 131 Å². The van der Waals surface area contributed by atoms with Crippen molar-refractivity contribution in [2.24, 2.45) is 5.10 Å². The Labute approximate surface area is 244 Å². The summed E-state index contributed by atoms with van der Waals surface area (Å²) < 4.78 is 11.7. The van der Waals surface area contributed by atoms with E-state index in [1.165, 1.54) is 0 Å². The second-order valence-corrected chi connectivity index (χ2v) is 10.5. The summed E-state index contributed by atoms with van der Waals surface area (Å²) in [4.78, 5) is 27.2. The van der Waals surface area contributed by atoms with Crippen molar-refractivity contribution in [2.45, 2.75) is 25.4 Å². The van der Waals surface area contributed by atoms with Crippen LogP contribution in [-0.4, -0.2) is 35.3 Å². The smallest absolute Gasteiger partial charge is 0.271 e. The van der Waals surface area contributed by atoms with Crippen molar-refractivity contribution in [2.75, 3.05) is 12.4 Å². The molecule has 0 saturated carbocycles. The van der Waals surface area contributed by atoms with Crippen LogP contribution in [0.5, 0.6) is 11.5 Å². The molecule has 41 heavy (non-hydrogen) atoms. The number of hydrogen-bond donors (Lipinski definition) is 1. The van der Waals surface area contributed by atoms with Crippen molar-refractivity contribution in [1.29, 1.82) is 0 Å². The number of carbonyl (C=O) groups is 2. The van der Waals surface area contributed by atoms with Crippen LogP contribution in [0.3, 0.4) is 0 Å². The van der Waals surface area contributed by atoms with Gasteiger partial charge in [0.05, 0.1) is 18.6 Å². The first-order valence-electron chi connectivity index (χ1n) is 13.4. The highest BCUT2D eigenvalue weighted by Gasteiger charge is 2.32. The Balaban J connectivity index is 1.19. The molecular weight excluding hydrogens is 534 g/mol. The zero-order valence-corrected chi connectivity index (χ0v) is 23.6. The highest BCUT2D eigenvalue weighted by Crippen LogP contribution is 2.39. The molecule has 2 amide bonds. The monoisotopic (exact) mass is 565 g/mol. The molecule has 5 rings (SSSR count). The Bertz CT molecular complexity index is 1490. The molecule has 1 atom stereocenters. The van der Waals surface area contributed by atoms with Gasteiger partial charge >= 0.3 is 0 Å². The van der Waals surface area contributed by atoms with Crippen molar-refractivity contribution in [3.63, 3.8) is 0 Å². The van der Waals surface area contributed by atoms with Crippen LogP contribution in [-0.2, 0) is 17.9 Å². The third-order valence-electron chi connectivity index (χ3n) is 6.51. The average Bonchev–Trinajstić information content (AvgIpc) is 3.37. The van der Waals surface area contributed by atoms with Gasteiger partial charge in [0.2, 0.25) is 5.91 Å². The lowest BCUT2D eigenvalue weighted by atomic mass is 10.1. The Hall–Kier alpha value is -4.56. The first-order valence-corrected chi connectivity index (χ1v) is 14.5. The number of carbonyl (C=O) groups excluding carboxylic acids is 2. The molecule has 1 aliphatic heterocycles. The van der Waals surface area contributed by atoms with Gasteiger partial charge in [0, 0.05) is 12.1 Å². The zero-order valence-electron chi connectivity index (χ0n) is 22.7. The molecule has 1 aliphatic rings. The minimum absolute atomic E-state index is 0.0861. The zero-order chi connectivity index (χ0) is 28.4. The summed E-state index contributed by atoms with van der Waals surface area (Å²) >= 11 is 1.60. The molecule has 1 N–H and O–H groups in total. The second-order valence-electron chi connectivity index (χ2n) is 9.41. The van der Waals surface area contributed by atoms with Crippen LogP contribution >= 0.6 is 11.8 Å². The van der Waals surface area contributed by atoms with E-state index >= 15 is 0 Å². The molecule has 0 bridgehead atoms. The molecule has 0 aliphatic carbocycles. The van der Waals surface area contributed by atoms with Crippen molar-refractivity contribution in [3.8, 4) is 11.5 Å². The molecule has 1 saturated heterocycles. The van der Waals surface area contributed by atoms with Gasteiger partial charge in [0.15, 0.2) is 11.5 Å². The quantitative estimate of drug-likeness (QED) is 0.173. The normalized spacial score (nSPS) is 14.8. The minimum atomic E-state index is -0.322. The summed E-state index contributed by atoms with van der Waals surface area (Å²) in [6, 6.07) is 32.7. The van der Waals surface area contributed by atoms with Gasteiger partial charge in [0.25, 0.3) is 5.91 Å². The Morgan fingerprint density at radius 3 is 2.34 bits per heavy atom. The summed E-state index contributed by atoms with van der Waals surface area (Å²) in [6.45, 7) is 3.40. The highest BCUT2D eigenvalue weighted by atomic mass is 32.2. The third-order valence-corrected chi connectivity index (χ3v) is 7.76. The fourth-order valence-corrected chi connectivity index (χ4v) is 5.63. The van der Waals surface area contributed by atoms with E-state index in [2.05, 4.69) is 10.5 Å². The maximum Gasteiger partial charge on any atom is 0.271 e. The van der Waals surface area contributed by atoms with E-state index in [9.17, 15) is 9.59 Å². The maximum atomic E-state index is 12.7. The van der Waals surface area contributed by atoms with Crippen LogP contribution < -0.4 is 14.9 Å². The summed E-state index contributed by atoms with van der Waals surface area (Å²) in [6.07, 6.45) is 1.57. The Morgan fingerprint density at radius 1 is 0.927 bits per heavy atom. The molecular formula is C33H31N3O4S. The van der Waals surface area contributed by atoms with Gasteiger partial charge in [-0.05, 0) is 59.5 Å². The van der Waals surface area contributed by atoms with Crippen LogP contribution in [0.4, 0.5) is 0 Å². The van der Waals surface area contributed by atoms with Gasteiger partial charge in [-0.3, -0.25) is 9.59 Å². The molecule has 8 heteroatoms. The summed E-state index contributed by atoms with van der Waals surface area (Å²) in [7, 11) is 0. The van der Waals surface area contributed by atoms with Gasteiger partial charge in [-0.25, -0.2) is 5.43 Å². The number of hydrazone groups is 1. The van der Waals surface area contributed by atoms with Crippen molar-refractivity contribution >= 4 is 29.8 Å². The van der Waals surface area contributed by atoms with Gasteiger partial charge in [-0.2, -0.15) is 5.10 Å². The molecule has 7 nitrogen and oxygen atoms in total. The van der Waals surface area contributed by atoms with E-state index in [4.69, 9.17) is 9.47 Å². The van der Waals surface area contributed by atoms with Gasteiger partial charge < -0.3 is 14.4 Å². The standard InChI is InChI=1S/C33H31N3O4S/c1-2-39-30-19-26(13-18-29(30)40-22-25-11-7-4-8-12-25)20-34-35-32(38)27-14-16-28(17-15-27)33-36(31(37)23-41-33)21-24-9-5-3-6-10-24/h3-20,33H,2,21-23H2,1H3,(H,35,38)/b34-20-/t33-/m0/s1. The molecule has 4 aromatic carbocycles. The number of benzene rings is 4. The van der Waals surface area contributed by atoms with Crippen LogP contribution in [0.15, 0.2) is 108 Å². The van der Waals surface area contributed by atoms with E-state index in [0.29, 0.717) is 42.6 Å². The topological polar surface area (TPSA) is 80.2 Å². The highest BCUT2D eigenvalue weighted by molar-refractivity contribution is 8.00.